The normalized spacial score (nSPS) is 33.4. The lowest BCUT2D eigenvalue weighted by Crippen LogP contribution is -2.49. The van der Waals surface area contributed by atoms with Crippen LogP contribution >= 0.6 is 0 Å². The van der Waals surface area contributed by atoms with Crippen LogP contribution in [0.4, 0.5) is 4.79 Å². The number of rotatable bonds is 2. The van der Waals surface area contributed by atoms with Crippen LogP contribution in [0.25, 0.3) is 0 Å². The topological polar surface area (TPSA) is 61.4 Å². The molecule has 0 radical (unpaired) electrons. The number of amides is 3. The zero-order valence-electron chi connectivity index (χ0n) is 10.7. The van der Waals surface area contributed by atoms with Gasteiger partial charge in [0.25, 0.3) is 5.91 Å². The SMILES string of the molecule is O=C1NC2(CCNC2)C(=O)N1CC1CCCCC1. The highest BCUT2D eigenvalue weighted by molar-refractivity contribution is 6.07. The maximum atomic E-state index is 12.4. The third kappa shape index (κ3) is 1.90. The number of hydrogen-bond donors (Lipinski definition) is 2. The molecule has 0 aromatic heterocycles. The first-order valence-corrected chi connectivity index (χ1v) is 7.06. The quantitative estimate of drug-likeness (QED) is 0.715. The van der Waals surface area contributed by atoms with E-state index in [0.717, 1.165) is 25.8 Å². The van der Waals surface area contributed by atoms with E-state index in [2.05, 4.69) is 10.6 Å². The predicted molar refractivity (Wildman–Crippen MR) is 67.0 cm³/mol. The van der Waals surface area contributed by atoms with Gasteiger partial charge >= 0.3 is 6.03 Å². The van der Waals surface area contributed by atoms with Crippen molar-refractivity contribution in [2.75, 3.05) is 19.6 Å². The first-order valence-electron chi connectivity index (χ1n) is 7.06. The van der Waals surface area contributed by atoms with E-state index in [1.54, 1.807) is 0 Å². The molecule has 2 heterocycles. The summed E-state index contributed by atoms with van der Waals surface area (Å²) >= 11 is 0. The van der Waals surface area contributed by atoms with Crippen LogP contribution in [-0.2, 0) is 4.79 Å². The smallest absolute Gasteiger partial charge is 0.322 e. The third-order valence-electron chi connectivity index (χ3n) is 4.57. The molecule has 5 nitrogen and oxygen atoms in total. The molecule has 1 aliphatic carbocycles. The van der Waals surface area contributed by atoms with Gasteiger partial charge in [-0.15, -0.1) is 0 Å². The van der Waals surface area contributed by atoms with Crippen LogP contribution < -0.4 is 10.6 Å². The van der Waals surface area contributed by atoms with Gasteiger partial charge in [-0.2, -0.15) is 0 Å². The number of carbonyl (C=O) groups excluding carboxylic acids is 2. The van der Waals surface area contributed by atoms with Crippen LogP contribution in [0.2, 0.25) is 0 Å². The van der Waals surface area contributed by atoms with Crippen LogP contribution in [0, 0.1) is 5.92 Å². The van der Waals surface area contributed by atoms with Gasteiger partial charge in [0.2, 0.25) is 0 Å². The van der Waals surface area contributed by atoms with Gasteiger partial charge in [-0.05, 0) is 31.7 Å². The van der Waals surface area contributed by atoms with Gasteiger partial charge in [0.05, 0.1) is 0 Å². The van der Waals surface area contributed by atoms with Crippen molar-refractivity contribution < 1.29 is 9.59 Å². The van der Waals surface area contributed by atoms with Crippen molar-refractivity contribution >= 4 is 11.9 Å². The minimum atomic E-state index is -0.633. The van der Waals surface area contributed by atoms with E-state index in [1.165, 1.54) is 24.2 Å². The fourth-order valence-corrected chi connectivity index (χ4v) is 3.45. The Kier molecular flexibility index (Phi) is 3.01. The fourth-order valence-electron chi connectivity index (χ4n) is 3.45. The zero-order chi connectivity index (χ0) is 12.6. The van der Waals surface area contributed by atoms with Crippen LogP contribution in [0.1, 0.15) is 38.5 Å². The van der Waals surface area contributed by atoms with E-state index < -0.39 is 5.54 Å². The van der Waals surface area contributed by atoms with Crippen molar-refractivity contribution in [2.45, 2.75) is 44.1 Å². The Morgan fingerprint density at radius 1 is 1.22 bits per heavy atom. The molecule has 3 fully saturated rings. The van der Waals surface area contributed by atoms with Gasteiger partial charge in [-0.3, -0.25) is 9.69 Å². The largest absolute Gasteiger partial charge is 0.325 e. The van der Waals surface area contributed by atoms with Gasteiger partial charge in [0.15, 0.2) is 0 Å². The average molecular weight is 251 g/mol. The Labute approximate surface area is 107 Å². The van der Waals surface area contributed by atoms with Crippen molar-refractivity contribution in [1.82, 2.24) is 15.5 Å². The van der Waals surface area contributed by atoms with E-state index in [-0.39, 0.29) is 11.9 Å². The van der Waals surface area contributed by atoms with Crippen LogP contribution in [0.15, 0.2) is 0 Å². The lowest BCUT2D eigenvalue weighted by Gasteiger charge is -2.26. The van der Waals surface area contributed by atoms with Gasteiger partial charge in [-0.1, -0.05) is 19.3 Å². The van der Waals surface area contributed by atoms with Crippen molar-refractivity contribution in [3.05, 3.63) is 0 Å². The second-order valence-corrected chi connectivity index (χ2v) is 5.86. The molecule has 2 saturated heterocycles. The van der Waals surface area contributed by atoms with Gasteiger partial charge in [-0.25, -0.2) is 4.79 Å². The Bertz CT molecular complexity index is 357. The molecule has 100 valence electrons. The minimum Gasteiger partial charge on any atom is -0.322 e. The van der Waals surface area contributed by atoms with Crippen molar-refractivity contribution in [2.24, 2.45) is 5.92 Å². The lowest BCUT2D eigenvalue weighted by atomic mass is 9.88. The molecule has 0 bridgehead atoms. The standard InChI is InChI=1S/C13H21N3O2/c17-11-13(6-7-14-9-13)15-12(18)16(11)8-10-4-2-1-3-5-10/h10,14H,1-9H2,(H,15,18). The first kappa shape index (κ1) is 12.0. The molecule has 0 aromatic carbocycles. The number of hydrogen-bond acceptors (Lipinski definition) is 3. The number of nitrogens with zero attached hydrogens (tertiary/aromatic N) is 1. The summed E-state index contributed by atoms with van der Waals surface area (Å²) in [6.45, 7) is 2.01. The van der Waals surface area contributed by atoms with Crippen LogP contribution in [0.5, 0.6) is 0 Å². The van der Waals surface area contributed by atoms with Crippen LogP contribution in [0.3, 0.4) is 0 Å². The van der Waals surface area contributed by atoms with E-state index >= 15 is 0 Å². The molecule has 1 spiro atoms. The van der Waals surface area contributed by atoms with E-state index in [1.807, 2.05) is 0 Å². The Hall–Kier alpha value is -1.10. The van der Waals surface area contributed by atoms with Gasteiger partial charge < -0.3 is 10.6 Å². The fraction of sp³-hybridized carbons (Fsp3) is 0.846. The van der Waals surface area contributed by atoms with Crippen LogP contribution in [-0.4, -0.2) is 42.0 Å². The summed E-state index contributed by atoms with van der Waals surface area (Å²) in [5.41, 5.74) is -0.633. The summed E-state index contributed by atoms with van der Waals surface area (Å²) in [6, 6.07) is -0.186. The molecule has 1 unspecified atom stereocenters. The highest BCUT2D eigenvalue weighted by Gasteiger charge is 2.52. The molecule has 2 aliphatic heterocycles. The van der Waals surface area contributed by atoms with E-state index in [4.69, 9.17) is 0 Å². The number of nitrogens with one attached hydrogen (secondary N) is 2. The zero-order valence-corrected chi connectivity index (χ0v) is 10.7. The average Bonchev–Trinajstić information content (AvgIpc) is 2.93. The molecule has 5 heteroatoms. The monoisotopic (exact) mass is 251 g/mol. The molecule has 3 amide bonds. The van der Waals surface area contributed by atoms with Crippen molar-refractivity contribution in [3.8, 4) is 0 Å². The Morgan fingerprint density at radius 3 is 2.67 bits per heavy atom. The molecule has 3 rings (SSSR count). The summed E-state index contributed by atoms with van der Waals surface area (Å²) < 4.78 is 0. The molecule has 1 atom stereocenters. The Morgan fingerprint density at radius 2 is 2.00 bits per heavy atom. The summed E-state index contributed by atoms with van der Waals surface area (Å²) in [7, 11) is 0. The number of urea groups is 1. The lowest BCUT2D eigenvalue weighted by molar-refractivity contribution is -0.131. The van der Waals surface area contributed by atoms with Gasteiger partial charge in [0.1, 0.15) is 5.54 Å². The second kappa shape index (κ2) is 4.53. The minimum absolute atomic E-state index is 0.0110. The molecule has 3 aliphatic rings. The Balaban J connectivity index is 1.68. The molecule has 0 aromatic rings. The summed E-state index contributed by atoms with van der Waals surface area (Å²) in [5, 5.41) is 6.06. The molecule has 2 N–H and O–H groups in total. The third-order valence-corrected chi connectivity index (χ3v) is 4.57. The summed E-state index contributed by atoms with van der Waals surface area (Å²) in [4.78, 5) is 25.9. The predicted octanol–water partition coefficient (Wildman–Crippen LogP) is 0.851. The molecular weight excluding hydrogens is 230 g/mol. The highest BCUT2D eigenvalue weighted by atomic mass is 16.2. The maximum absolute atomic E-state index is 12.4. The van der Waals surface area contributed by atoms with Gasteiger partial charge in [0, 0.05) is 13.1 Å². The number of carbonyl (C=O) groups is 2. The van der Waals surface area contributed by atoms with E-state index in [9.17, 15) is 9.59 Å². The maximum Gasteiger partial charge on any atom is 0.325 e. The van der Waals surface area contributed by atoms with Crippen molar-refractivity contribution in [3.63, 3.8) is 0 Å². The summed E-state index contributed by atoms with van der Waals surface area (Å²) in [6.07, 6.45) is 6.80. The second-order valence-electron chi connectivity index (χ2n) is 5.86. The van der Waals surface area contributed by atoms with E-state index in [0.29, 0.717) is 19.0 Å². The summed E-state index contributed by atoms with van der Waals surface area (Å²) in [5.74, 6) is 0.501. The molecular formula is C13H21N3O2. The first-order chi connectivity index (χ1) is 8.71. The highest BCUT2D eigenvalue weighted by Crippen LogP contribution is 2.29. The van der Waals surface area contributed by atoms with Crippen molar-refractivity contribution in [1.29, 1.82) is 0 Å². The molecule has 1 saturated carbocycles. The molecule has 18 heavy (non-hydrogen) atoms. The number of imide groups is 1.